The maximum absolute atomic E-state index is 13.5. The lowest BCUT2D eigenvalue weighted by molar-refractivity contribution is -0.870. The summed E-state index contributed by atoms with van der Waals surface area (Å²) < 4.78 is 30.6. The summed E-state index contributed by atoms with van der Waals surface area (Å²) in [5.74, 6) is -0.527. The molecule has 74 heavy (non-hydrogen) atoms. The molecule has 0 aliphatic heterocycles. The standard InChI is InChI=1S/C64H119N2O7P/c1-7-10-13-16-19-22-25-27-29-30-31-32-33-34-35-36-37-39-42-45-48-51-54-57-64(68)73-62(55-52-49-46-43-40-24-21-18-15-12-9-3)61(60-72-74(69,70)71-59-58-66(4,5)6)65-63(67)56-53-50-47-44-41-38-28-26-23-20-17-14-11-8-2/h11,14,20,23,27-29,38,52,55,61-62H,7-10,12-13,15-19,21-22,24-26,30-37,39-51,53-54,56-60H2,1-6H3,(H-,65,67,69,70)/p+1/b14-11+,23-20+,29-27+,38-28+,55-52-. The third-order valence-electron chi connectivity index (χ3n) is 13.7. The molecule has 10 heteroatoms. The van der Waals surface area contributed by atoms with Crippen LogP contribution >= 0.6 is 7.82 Å². The fourth-order valence-electron chi connectivity index (χ4n) is 8.89. The number of hydrogen-bond donors (Lipinski definition) is 2. The number of esters is 1. The fourth-order valence-corrected chi connectivity index (χ4v) is 9.63. The van der Waals surface area contributed by atoms with E-state index in [2.05, 4.69) is 74.7 Å². The van der Waals surface area contributed by atoms with Crippen LogP contribution in [0, 0.1) is 0 Å². The molecule has 0 bridgehead atoms. The number of carbonyl (C=O) groups is 2. The number of carbonyl (C=O) groups excluding carboxylic acids is 2. The minimum absolute atomic E-state index is 0.0349. The van der Waals surface area contributed by atoms with E-state index in [4.69, 9.17) is 13.8 Å². The van der Waals surface area contributed by atoms with Gasteiger partial charge in [-0.05, 0) is 89.5 Å². The largest absolute Gasteiger partial charge is 0.472 e. The Bertz CT molecular complexity index is 1450. The zero-order chi connectivity index (χ0) is 54.3. The fraction of sp³-hybridized carbons (Fsp3) is 0.812. The summed E-state index contributed by atoms with van der Waals surface area (Å²) in [6.07, 6.45) is 68.0. The van der Waals surface area contributed by atoms with Gasteiger partial charge in [0.25, 0.3) is 0 Å². The van der Waals surface area contributed by atoms with Crippen molar-refractivity contribution in [2.75, 3.05) is 40.9 Å². The molecule has 9 nitrogen and oxygen atoms in total. The Morgan fingerprint density at radius 1 is 0.486 bits per heavy atom. The second kappa shape index (κ2) is 54.1. The van der Waals surface area contributed by atoms with E-state index in [9.17, 15) is 19.0 Å². The zero-order valence-corrected chi connectivity index (χ0v) is 50.2. The van der Waals surface area contributed by atoms with Gasteiger partial charge in [-0.3, -0.25) is 18.6 Å². The lowest BCUT2D eigenvalue weighted by Gasteiger charge is -2.27. The van der Waals surface area contributed by atoms with Crippen LogP contribution in [0.25, 0.3) is 0 Å². The minimum atomic E-state index is -4.45. The highest BCUT2D eigenvalue weighted by Crippen LogP contribution is 2.43. The van der Waals surface area contributed by atoms with E-state index in [1.54, 1.807) is 0 Å². The number of allylic oxidation sites excluding steroid dienone is 9. The molecule has 0 aromatic rings. The van der Waals surface area contributed by atoms with Crippen molar-refractivity contribution >= 4 is 19.7 Å². The first-order chi connectivity index (χ1) is 35.9. The maximum Gasteiger partial charge on any atom is 0.472 e. The molecule has 0 fully saturated rings. The average molecular weight is 1060 g/mol. The number of likely N-dealkylation sites (N-methyl/N-ethyl adjacent to an activating group) is 1. The molecular weight excluding hydrogens is 940 g/mol. The summed E-state index contributed by atoms with van der Waals surface area (Å²) in [5, 5.41) is 3.04. The summed E-state index contributed by atoms with van der Waals surface area (Å²) in [5.41, 5.74) is 0. The average Bonchev–Trinajstić information content (AvgIpc) is 3.36. The lowest BCUT2D eigenvalue weighted by atomic mass is 10.0. The highest BCUT2D eigenvalue weighted by Gasteiger charge is 2.30. The molecule has 0 aromatic carbocycles. The Kier molecular flexibility index (Phi) is 52.4. The molecule has 0 heterocycles. The molecule has 0 spiro atoms. The highest BCUT2D eigenvalue weighted by molar-refractivity contribution is 7.47. The van der Waals surface area contributed by atoms with Crippen molar-refractivity contribution in [3.63, 3.8) is 0 Å². The number of phosphoric acid groups is 1. The molecule has 0 aliphatic carbocycles. The van der Waals surface area contributed by atoms with E-state index in [1.807, 2.05) is 33.3 Å². The molecule has 0 saturated carbocycles. The molecule has 3 atom stereocenters. The molecular formula is C64H120N2O7P+. The first kappa shape index (κ1) is 71.7. The molecule has 0 saturated heterocycles. The second-order valence-electron chi connectivity index (χ2n) is 22.2. The van der Waals surface area contributed by atoms with Gasteiger partial charge in [0, 0.05) is 12.8 Å². The van der Waals surface area contributed by atoms with Gasteiger partial charge in [-0.15, -0.1) is 0 Å². The van der Waals surface area contributed by atoms with Crippen LogP contribution in [0.15, 0.2) is 60.8 Å². The van der Waals surface area contributed by atoms with Crippen LogP contribution in [0.2, 0.25) is 0 Å². The number of phosphoric ester groups is 1. The van der Waals surface area contributed by atoms with Gasteiger partial charge in [0.1, 0.15) is 19.3 Å². The van der Waals surface area contributed by atoms with E-state index >= 15 is 0 Å². The van der Waals surface area contributed by atoms with Gasteiger partial charge >= 0.3 is 13.8 Å². The second-order valence-corrected chi connectivity index (χ2v) is 23.6. The van der Waals surface area contributed by atoms with Gasteiger partial charge in [-0.1, -0.05) is 242 Å². The minimum Gasteiger partial charge on any atom is -0.456 e. The lowest BCUT2D eigenvalue weighted by Crippen LogP contribution is -2.47. The summed E-state index contributed by atoms with van der Waals surface area (Å²) in [7, 11) is 1.48. The number of hydrogen-bond acceptors (Lipinski definition) is 6. The van der Waals surface area contributed by atoms with Gasteiger partial charge in [0.2, 0.25) is 5.91 Å². The topological polar surface area (TPSA) is 111 Å². The van der Waals surface area contributed by atoms with Crippen LogP contribution in [0.3, 0.4) is 0 Å². The summed E-state index contributed by atoms with van der Waals surface area (Å²) in [6.45, 7) is 6.89. The van der Waals surface area contributed by atoms with E-state index in [0.29, 0.717) is 17.4 Å². The third kappa shape index (κ3) is 54.5. The zero-order valence-electron chi connectivity index (χ0n) is 49.3. The first-order valence-electron chi connectivity index (χ1n) is 31.1. The van der Waals surface area contributed by atoms with Gasteiger partial charge in [0.15, 0.2) is 0 Å². The first-order valence-corrected chi connectivity index (χ1v) is 32.6. The van der Waals surface area contributed by atoms with Crippen LogP contribution in [0.4, 0.5) is 0 Å². The molecule has 2 N–H and O–H groups in total. The quantitative estimate of drug-likeness (QED) is 0.0205. The van der Waals surface area contributed by atoms with Crippen molar-refractivity contribution in [1.82, 2.24) is 5.32 Å². The van der Waals surface area contributed by atoms with E-state index in [0.717, 1.165) is 89.9 Å². The van der Waals surface area contributed by atoms with Crippen LogP contribution in [-0.4, -0.2) is 74.3 Å². The molecule has 0 aliphatic rings. The summed E-state index contributed by atoms with van der Waals surface area (Å²) in [4.78, 5) is 37.6. The van der Waals surface area contributed by atoms with Gasteiger partial charge in [-0.25, -0.2) is 4.57 Å². The van der Waals surface area contributed by atoms with Crippen LogP contribution < -0.4 is 5.32 Å². The van der Waals surface area contributed by atoms with Gasteiger partial charge in [-0.2, -0.15) is 0 Å². The van der Waals surface area contributed by atoms with Crippen LogP contribution in [0.1, 0.15) is 284 Å². The number of nitrogens with one attached hydrogen (secondary N) is 1. The van der Waals surface area contributed by atoms with Gasteiger partial charge < -0.3 is 19.4 Å². The Labute approximate surface area is 458 Å². The van der Waals surface area contributed by atoms with Crippen molar-refractivity contribution in [3.05, 3.63) is 60.8 Å². The normalized spacial score (nSPS) is 14.1. The Morgan fingerprint density at radius 3 is 1.31 bits per heavy atom. The molecule has 432 valence electrons. The molecule has 1 amide bonds. The molecule has 0 radical (unpaired) electrons. The van der Waals surface area contributed by atoms with Crippen LogP contribution in [-0.2, 0) is 27.9 Å². The van der Waals surface area contributed by atoms with Crippen molar-refractivity contribution < 1.29 is 37.3 Å². The molecule has 3 unspecified atom stereocenters. The maximum atomic E-state index is 13.5. The van der Waals surface area contributed by atoms with Crippen molar-refractivity contribution in [3.8, 4) is 0 Å². The number of nitrogens with zero attached hydrogens (tertiary/aromatic N) is 1. The predicted octanol–water partition coefficient (Wildman–Crippen LogP) is 19.1. The Hall–Kier alpha value is -2.29. The predicted molar refractivity (Wildman–Crippen MR) is 318 cm³/mol. The number of rotatable bonds is 56. The van der Waals surface area contributed by atoms with E-state index < -0.39 is 20.0 Å². The Morgan fingerprint density at radius 2 is 0.865 bits per heavy atom. The number of unbranched alkanes of at least 4 members (excludes halogenated alkanes) is 32. The molecule has 0 aromatic heterocycles. The van der Waals surface area contributed by atoms with E-state index in [-0.39, 0.29) is 31.5 Å². The number of amides is 1. The third-order valence-corrected chi connectivity index (χ3v) is 14.7. The van der Waals surface area contributed by atoms with Crippen molar-refractivity contribution in [2.45, 2.75) is 296 Å². The monoisotopic (exact) mass is 1060 g/mol. The smallest absolute Gasteiger partial charge is 0.456 e. The molecule has 0 rings (SSSR count). The van der Waals surface area contributed by atoms with Crippen molar-refractivity contribution in [1.29, 1.82) is 0 Å². The van der Waals surface area contributed by atoms with E-state index in [1.165, 1.54) is 161 Å². The SMILES string of the molecule is CC/C=C/C/C=C/C/C=C/CCCCCCC(=O)NC(COP(=O)(O)OCC[N+](C)(C)C)C(/C=C\CCCCCCCCCCC)OC(=O)CCCCCCCCCCCCCCC/C=C/CCCCCCCC. The van der Waals surface area contributed by atoms with Crippen molar-refractivity contribution in [2.24, 2.45) is 0 Å². The Balaban J connectivity index is 5.14. The van der Waals surface area contributed by atoms with Gasteiger partial charge in [0.05, 0.1) is 33.8 Å². The van der Waals surface area contributed by atoms with Crippen LogP contribution in [0.5, 0.6) is 0 Å². The number of quaternary nitrogens is 1. The number of ether oxygens (including phenoxy) is 1. The summed E-state index contributed by atoms with van der Waals surface area (Å²) >= 11 is 0. The highest BCUT2D eigenvalue weighted by atomic mass is 31.2. The summed E-state index contributed by atoms with van der Waals surface area (Å²) in [6, 6.07) is -0.859.